The van der Waals surface area contributed by atoms with E-state index in [-0.39, 0.29) is 11.9 Å². The number of carbonyl (C=O) groups excluding carboxylic acids is 1. The third-order valence-electron chi connectivity index (χ3n) is 4.57. The van der Waals surface area contributed by atoms with Crippen LogP contribution in [0.5, 0.6) is 0 Å². The highest BCUT2D eigenvalue weighted by molar-refractivity contribution is 5.93. The Balaban J connectivity index is 1.80. The Morgan fingerprint density at radius 3 is 2.96 bits per heavy atom. The van der Waals surface area contributed by atoms with Crippen LogP contribution in [0, 0.1) is 5.92 Å². The Kier molecular flexibility index (Phi) is 4.80. The smallest absolute Gasteiger partial charge is 0.321 e. The Hall–Kier alpha value is -2.41. The molecule has 1 saturated heterocycles. The molecule has 128 valence electrons. The molecule has 24 heavy (non-hydrogen) atoms. The number of aromatic nitrogens is 3. The van der Waals surface area contributed by atoms with Crippen LogP contribution < -0.4 is 5.32 Å². The van der Waals surface area contributed by atoms with E-state index in [1.807, 2.05) is 42.7 Å². The minimum absolute atomic E-state index is 0.198. The van der Waals surface area contributed by atoms with Gasteiger partial charge >= 0.3 is 6.03 Å². The average Bonchev–Trinajstić information content (AvgIpc) is 3.06. The van der Waals surface area contributed by atoms with Crippen molar-refractivity contribution in [1.82, 2.24) is 19.7 Å². The quantitative estimate of drug-likeness (QED) is 0.904. The maximum absolute atomic E-state index is 12.6. The summed E-state index contributed by atoms with van der Waals surface area (Å²) in [5, 5.41) is 21.1. The number of piperidine rings is 1. The number of aliphatic hydroxyl groups excluding tert-OH is 1. The van der Waals surface area contributed by atoms with E-state index in [1.165, 1.54) is 0 Å². The topological polar surface area (TPSA) is 83.3 Å². The fourth-order valence-electron chi connectivity index (χ4n) is 2.91. The molecule has 3 rings (SSSR count). The Labute approximate surface area is 141 Å². The summed E-state index contributed by atoms with van der Waals surface area (Å²) in [7, 11) is 0. The molecule has 0 spiro atoms. The fourth-order valence-corrected chi connectivity index (χ4v) is 2.91. The van der Waals surface area contributed by atoms with Gasteiger partial charge < -0.3 is 19.9 Å². The number of benzene rings is 1. The summed E-state index contributed by atoms with van der Waals surface area (Å²) in [6.45, 7) is 5.79. The molecule has 1 aromatic heterocycles. The third-order valence-corrected chi connectivity index (χ3v) is 4.57. The lowest BCUT2D eigenvalue weighted by atomic mass is 9.96. The van der Waals surface area contributed by atoms with Gasteiger partial charge in [0.2, 0.25) is 0 Å². The van der Waals surface area contributed by atoms with E-state index in [4.69, 9.17) is 0 Å². The van der Waals surface area contributed by atoms with Gasteiger partial charge in [-0.2, -0.15) is 0 Å². The summed E-state index contributed by atoms with van der Waals surface area (Å²) >= 11 is 0. The third kappa shape index (κ3) is 3.26. The zero-order chi connectivity index (χ0) is 17.1. The van der Waals surface area contributed by atoms with Gasteiger partial charge in [0.25, 0.3) is 0 Å². The van der Waals surface area contributed by atoms with E-state index in [9.17, 15) is 9.90 Å². The molecule has 7 nitrogen and oxygen atoms in total. The summed E-state index contributed by atoms with van der Waals surface area (Å²) in [5.41, 5.74) is 1.52. The molecule has 0 bridgehead atoms. The second-order valence-corrected chi connectivity index (χ2v) is 6.20. The lowest BCUT2D eigenvalue weighted by molar-refractivity contribution is 0.0464. The molecule has 2 N–H and O–H groups in total. The predicted molar refractivity (Wildman–Crippen MR) is 91.5 cm³/mol. The SMILES string of the molecule is CCn1cnnc1-c1ccccc1NC(=O)N1CCC(C)C(O)C1. The molecular weight excluding hydrogens is 306 g/mol. The zero-order valence-electron chi connectivity index (χ0n) is 14.0. The number of nitrogens with zero attached hydrogens (tertiary/aromatic N) is 4. The first kappa shape index (κ1) is 16.4. The molecule has 2 amide bonds. The lowest BCUT2D eigenvalue weighted by Gasteiger charge is -2.34. The molecule has 1 aliphatic rings. The van der Waals surface area contributed by atoms with Crippen molar-refractivity contribution in [3.8, 4) is 11.4 Å². The van der Waals surface area contributed by atoms with E-state index < -0.39 is 6.10 Å². The van der Waals surface area contributed by atoms with Crippen LogP contribution in [0.15, 0.2) is 30.6 Å². The summed E-state index contributed by atoms with van der Waals surface area (Å²) in [4.78, 5) is 14.2. The lowest BCUT2D eigenvalue weighted by Crippen LogP contribution is -2.47. The molecule has 2 heterocycles. The Morgan fingerprint density at radius 1 is 1.42 bits per heavy atom. The number of rotatable bonds is 3. The first-order chi connectivity index (χ1) is 11.6. The molecule has 1 aromatic carbocycles. The van der Waals surface area contributed by atoms with Gasteiger partial charge in [-0.05, 0) is 31.4 Å². The number of amides is 2. The van der Waals surface area contributed by atoms with Crippen molar-refractivity contribution < 1.29 is 9.90 Å². The van der Waals surface area contributed by atoms with E-state index in [0.29, 0.717) is 18.8 Å². The summed E-state index contributed by atoms with van der Waals surface area (Å²) in [5.74, 6) is 0.949. The van der Waals surface area contributed by atoms with Gasteiger partial charge in [-0.15, -0.1) is 10.2 Å². The van der Waals surface area contributed by atoms with Crippen molar-refractivity contribution in [2.45, 2.75) is 32.9 Å². The number of β-amino-alcohol motifs (C(OH)–C–C–N with tert-alkyl or cyclic N) is 1. The van der Waals surface area contributed by atoms with Gasteiger partial charge in [0.1, 0.15) is 6.33 Å². The van der Waals surface area contributed by atoms with Crippen LogP contribution in [0.4, 0.5) is 10.5 Å². The average molecular weight is 329 g/mol. The van der Waals surface area contributed by atoms with Crippen LogP contribution >= 0.6 is 0 Å². The van der Waals surface area contributed by atoms with Gasteiger partial charge in [-0.3, -0.25) is 0 Å². The van der Waals surface area contributed by atoms with Gasteiger partial charge in [0, 0.05) is 25.2 Å². The van der Waals surface area contributed by atoms with Crippen LogP contribution in [-0.2, 0) is 6.54 Å². The Morgan fingerprint density at radius 2 is 2.21 bits per heavy atom. The standard InChI is InChI=1S/C17H23N5O2/c1-3-21-11-18-20-16(21)13-6-4-5-7-14(13)19-17(24)22-9-8-12(2)15(23)10-22/h4-7,11-12,15,23H,3,8-10H2,1-2H3,(H,19,24). The molecule has 0 saturated carbocycles. The molecule has 0 radical (unpaired) electrons. The van der Waals surface area contributed by atoms with Gasteiger partial charge in [-0.1, -0.05) is 19.1 Å². The van der Waals surface area contributed by atoms with Crippen LogP contribution in [0.3, 0.4) is 0 Å². The van der Waals surface area contributed by atoms with Crippen LogP contribution in [0.2, 0.25) is 0 Å². The molecule has 0 aliphatic carbocycles. The van der Waals surface area contributed by atoms with Crippen molar-refractivity contribution in [2.75, 3.05) is 18.4 Å². The molecular formula is C17H23N5O2. The number of urea groups is 1. The minimum Gasteiger partial charge on any atom is -0.391 e. The van der Waals surface area contributed by atoms with Crippen molar-refractivity contribution in [1.29, 1.82) is 0 Å². The molecule has 2 unspecified atom stereocenters. The van der Waals surface area contributed by atoms with Gasteiger partial charge in [0.15, 0.2) is 5.82 Å². The number of hydrogen-bond acceptors (Lipinski definition) is 4. The molecule has 2 aromatic rings. The fraction of sp³-hybridized carbons (Fsp3) is 0.471. The van der Waals surface area contributed by atoms with E-state index in [1.54, 1.807) is 11.2 Å². The van der Waals surface area contributed by atoms with Gasteiger partial charge in [-0.25, -0.2) is 4.79 Å². The van der Waals surface area contributed by atoms with Crippen LogP contribution in [-0.4, -0.2) is 50.0 Å². The normalized spacial score (nSPS) is 20.9. The summed E-state index contributed by atoms with van der Waals surface area (Å²) in [6.07, 6.45) is 2.01. The minimum atomic E-state index is -0.470. The Bertz CT molecular complexity index is 715. The summed E-state index contributed by atoms with van der Waals surface area (Å²) in [6, 6.07) is 7.35. The monoisotopic (exact) mass is 329 g/mol. The van der Waals surface area contributed by atoms with E-state index >= 15 is 0 Å². The van der Waals surface area contributed by atoms with Crippen molar-refractivity contribution in [3.05, 3.63) is 30.6 Å². The second kappa shape index (κ2) is 7.00. The molecule has 1 fully saturated rings. The molecule has 7 heteroatoms. The number of anilines is 1. The maximum Gasteiger partial charge on any atom is 0.321 e. The molecule has 2 atom stereocenters. The summed E-state index contributed by atoms with van der Waals surface area (Å²) < 4.78 is 1.93. The highest BCUT2D eigenvalue weighted by atomic mass is 16.3. The highest BCUT2D eigenvalue weighted by Crippen LogP contribution is 2.27. The number of hydrogen-bond donors (Lipinski definition) is 2. The number of para-hydroxylation sites is 1. The van der Waals surface area contributed by atoms with Gasteiger partial charge in [0.05, 0.1) is 11.8 Å². The van der Waals surface area contributed by atoms with Crippen LogP contribution in [0.1, 0.15) is 20.3 Å². The van der Waals surface area contributed by atoms with E-state index in [0.717, 1.165) is 24.4 Å². The first-order valence-corrected chi connectivity index (χ1v) is 8.31. The number of aliphatic hydroxyl groups is 1. The van der Waals surface area contributed by atoms with Crippen molar-refractivity contribution >= 4 is 11.7 Å². The molecule has 1 aliphatic heterocycles. The van der Waals surface area contributed by atoms with Crippen LogP contribution in [0.25, 0.3) is 11.4 Å². The number of likely N-dealkylation sites (tertiary alicyclic amines) is 1. The number of carbonyl (C=O) groups is 1. The first-order valence-electron chi connectivity index (χ1n) is 8.31. The second-order valence-electron chi connectivity index (χ2n) is 6.20. The van der Waals surface area contributed by atoms with E-state index in [2.05, 4.69) is 15.5 Å². The highest BCUT2D eigenvalue weighted by Gasteiger charge is 2.27. The van der Waals surface area contributed by atoms with Crippen molar-refractivity contribution in [3.63, 3.8) is 0 Å². The zero-order valence-corrected chi connectivity index (χ0v) is 14.0. The maximum atomic E-state index is 12.6. The largest absolute Gasteiger partial charge is 0.391 e. The van der Waals surface area contributed by atoms with Crippen molar-refractivity contribution in [2.24, 2.45) is 5.92 Å². The number of aryl methyl sites for hydroxylation is 1. The number of nitrogens with one attached hydrogen (secondary N) is 1. The predicted octanol–water partition coefficient (Wildman–Crippen LogP) is 2.20.